The van der Waals surface area contributed by atoms with Crippen LogP contribution in [0, 0.1) is 10.1 Å². The standard InChI is InChI=1S/C14H19NO4.C8H16O2/c1-2-3-4-5-6-11-14(16)19-13-10-8-7-9-12(13)15(17)18;1-2-3-4-5-6-7-8(9)10/h7-10H,2-6,11H2,1H3;2-7H2,1H3,(H,9,10). The smallest absolute Gasteiger partial charge is 0.311 e. The van der Waals surface area contributed by atoms with Gasteiger partial charge in [-0.2, -0.15) is 0 Å². The number of ether oxygens (including phenoxy) is 1. The Hall–Kier alpha value is -2.44. The lowest BCUT2D eigenvalue weighted by molar-refractivity contribution is -0.385. The van der Waals surface area contributed by atoms with Crippen LogP contribution in [0.25, 0.3) is 0 Å². The van der Waals surface area contributed by atoms with Crippen molar-refractivity contribution in [1.82, 2.24) is 0 Å². The number of unbranched alkanes of at least 4 members (excludes halogenated alkanes) is 8. The highest BCUT2D eigenvalue weighted by atomic mass is 16.6. The van der Waals surface area contributed by atoms with Crippen molar-refractivity contribution in [1.29, 1.82) is 0 Å². The summed E-state index contributed by atoms with van der Waals surface area (Å²) in [5, 5.41) is 19.0. The number of hydrogen-bond acceptors (Lipinski definition) is 5. The van der Waals surface area contributed by atoms with Crippen LogP contribution in [0.1, 0.15) is 90.9 Å². The average Bonchev–Trinajstić information content (AvgIpc) is 2.68. The first-order chi connectivity index (χ1) is 13.9. The number of nitro groups is 1. The van der Waals surface area contributed by atoms with Gasteiger partial charge in [-0.1, -0.05) is 77.3 Å². The number of benzene rings is 1. The van der Waals surface area contributed by atoms with E-state index in [9.17, 15) is 19.7 Å². The largest absolute Gasteiger partial charge is 0.481 e. The van der Waals surface area contributed by atoms with E-state index in [4.69, 9.17) is 9.84 Å². The van der Waals surface area contributed by atoms with Gasteiger partial charge in [-0.05, 0) is 18.9 Å². The molecule has 0 fully saturated rings. The van der Waals surface area contributed by atoms with Gasteiger partial charge in [0, 0.05) is 18.9 Å². The highest BCUT2D eigenvalue weighted by Gasteiger charge is 2.16. The molecule has 1 rings (SSSR count). The van der Waals surface area contributed by atoms with E-state index in [2.05, 4.69) is 13.8 Å². The Balaban J connectivity index is 0.000000665. The van der Waals surface area contributed by atoms with Crippen molar-refractivity contribution in [3.05, 3.63) is 34.4 Å². The monoisotopic (exact) mass is 409 g/mol. The molecule has 0 atom stereocenters. The number of para-hydroxylation sites is 2. The summed E-state index contributed by atoms with van der Waals surface area (Å²) in [6.07, 6.45) is 11.4. The quantitative estimate of drug-likeness (QED) is 0.127. The van der Waals surface area contributed by atoms with E-state index in [1.165, 1.54) is 37.8 Å². The van der Waals surface area contributed by atoms with Gasteiger partial charge >= 0.3 is 17.6 Å². The van der Waals surface area contributed by atoms with Gasteiger partial charge in [0.05, 0.1) is 4.92 Å². The maximum absolute atomic E-state index is 11.6. The zero-order valence-electron chi connectivity index (χ0n) is 17.7. The molecule has 29 heavy (non-hydrogen) atoms. The van der Waals surface area contributed by atoms with Crippen LogP contribution in [-0.2, 0) is 9.59 Å². The van der Waals surface area contributed by atoms with Crippen molar-refractivity contribution in [2.45, 2.75) is 90.9 Å². The summed E-state index contributed by atoms with van der Waals surface area (Å²) >= 11 is 0. The molecule has 1 N–H and O–H groups in total. The van der Waals surface area contributed by atoms with E-state index in [0.717, 1.165) is 38.5 Å². The second-order valence-corrected chi connectivity index (χ2v) is 6.92. The van der Waals surface area contributed by atoms with E-state index in [-0.39, 0.29) is 11.4 Å². The van der Waals surface area contributed by atoms with Crippen molar-refractivity contribution in [3.8, 4) is 5.75 Å². The zero-order valence-corrected chi connectivity index (χ0v) is 17.7. The number of carboxylic acids is 1. The molecule has 7 heteroatoms. The number of carbonyl (C=O) groups is 2. The van der Waals surface area contributed by atoms with Crippen LogP contribution >= 0.6 is 0 Å². The fourth-order valence-corrected chi connectivity index (χ4v) is 2.62. The van der Waals surface area contributed by atoms with Crippen molar-refractivity contribution in [2.75, 3.05) is 0 Å². The molecule has 0 saturated heterocycles. The summed E-state index contributed by atoms with van der Waals surface area (Å²) in [5.74, 6) is -1.06. The van der Waals surface area contributed by atoms with Crippen LogP contribution in [0.5, 0.6) is 5.75 Å². The summed E-state index contributed by atoms with van der Waals surface area (Å²) in [7, 11) is 0. The molecule has 0 aromatic heterocycles. The molecule has 7 nitrogen and oxygen atoms in total. The van der Waals surface area contributed by atoms with E-state index >= 15 is 0 Å². The molecular weight excluding hydrogens is 374 g/mol. The fourth-order valence-electron chi connectivity index (χ4n) is 2.62. The minimum Gasteiger partial charge on any atom is -0.481 e. The summed E-state index contributed by atoms with van der Waals surface area (Å²) in [6.45, 7) is 4.28. The third kappa shape index (κ3) is 15.2. The summed E-state index contributed by atoms with van der Waals surface area (Å²) in [4.78, 5) is 31.8. The SMILES string of the molecule is CCCCCCCC(=O)O.CCCCCCCC(=O)Oc1ccccc1[N+](=O)[O-]. The lowest BCUT2D eigenvalue weighted by atomic mass is 10.1. The zero-order chi connectivity index (χ0) is 21.9. The second-order valence-electron chi connectivity index (χ2n) is 6.92. The van der Waals surface area contributed by atoms with Crippen molar-refractivity contribution in [3.63, 3.8) is 0 Å². The molecule has 0 saturated carbocycles. The Morgan fingerprint density at radius 2 is 1.41 bits per heavy atom. The molecular formula is C22H35NO6. The maximum Gasteiger partial charge on any atom is 0.311 e. The average molecular weight is 410 g/mol. The molecule has 0 bridgehead atoms. The Kier molecular flexibility index (Phi) is 16.2. The van der Waals surface area contributed by atoms with Crippen LogP contribution in [0.4, 0.5) is 5.69 Å². The van der Waals surface area contributed by atoms with Crippen LogP contribution in [-0.4, -0.2) is 22.0 Å². The molecule has 0 radical (unpaired) electrons. The van der Waals surface area contributed by atoms with Gasteiger partial charge in [0.25, 0.3) is 0 Å². The minimum absolute atomic E-state index is 0.0195. The first kappa shape index (κ1) is 26.6. The normalized spacial score (nSPS) is 10.0. The number of nitrogens with zero attached hydrogens (tertiary/aromatic N) is 1. The highest BCUT2D eigenvalue weighted by molar-refractivity contribution is 5.73. The molecule has 0 heterocycles. The van der Waals surface area contributed by atoms with Gasteiger partial charge in [-0.15, -0.1) is 0 Å². The molecule has 0 amide bonds. The van der Waals surface area contributed by atoms with Crippen molar-refractivity contribution >= 4 is 17.6 Å². The molecule has 164 valence electrons. The first-order valence-electron chi connectivity index (χ1n) is 10.6. The Morgan fingerprint density at radius 3 is 1.93 bits per heavy atom. The topological polar surface area (TPSA) is 107 Å². The molecule has 0 aliphatic carbocycles. The Morgan fingerprint density at radius 1 is 0.897 bits per heavy atom. The predicted molar refractivity (Wildman–Crippen MR) is 113 cm³/mol. The van der Waals surface area contributed by atoms with E-state index in [1.807, 2.05) is 0 Å². The molecule has 0 spiro atoms. The van der Waals surface area contributed by atoms with Gasteiger partial charge in [0.2, 0.25) is 5.75 Å². The van der Waals surface area contributed by atoms with E-state index < -0.39 is 16.9 Å². The number of nitro benzene ring substituents is 1. The number of aliphatic carboxylic acids is 1. The van der Waals surface area contributed by atoms with Crippen LogP contribution in [0.2, 0.25) is 0 Å². The van der Waals surface area contributed by atoms with Crippen LogP contribution < -0.4 is 4.74 Å². The van der Waals surface area contributed by atoms with Crippen LogP contribution in [0.15, 0.2) is 24.3 Å². The number of esters is 1. The first-order valence-corrected chi connectivity index (χ1v) is 10.6. The Labute approximate surface area is 173 Å². The second kappa shape index (κ2) is 17.6. The summed E-state index contributed by atoms with van der Waals surface area (Å²) in [6, 6.07) is 5.91. The molecule has 1 aromatic rings. The summed E-state index contributed by atoms with van der Waals surface area (Å²) in [5.41, 5.74) is -0.179. The van der Waals surface area contributed by atoms with Gasteiger partial charge in [0.1, 0.15) is 0 Å². The Bertz CT molecular complexity index is 603. The van der Waals surface area contributed by atoms with Crippen LogP contribution in [0.3, 0.4) is 0 Å². The van der Waals surface area contributed by atoms with Crippen molar-refractivity contribution in [2.24, 2.45) is 0 Å². The molecule has 0 aliphatic heterocycles. The third-order valence-corrected chi connectivity index (χ3v) is 4.26. The van der Waals surface area contributed by atoms with Gasteiger partial charge in [-0.25, -0.2) is 0 Å². The minimum atomic E-state index is -0.670. The van der Waals surface area contributed by atoms with E-state index in [1.54, 1.807) is 12.1 Å². The van der Waals surface area contributed by atoms with Gasteiger partial charge in [0.15, 0.2) is 0 Å². The number of hydrogen-bond donors (Lipinski definition) is 1. The molecule has 1 aromatic carbocycles. The molecule has 0 aliphatic rings. The number of carbonyl (C=O) groups excluding carboxylic acids is 1. The number of carboxylic acid groups (broad SMARTS) is 1. The fraction of sp³-hybridized carbons (Fsp3) is 0.636. The van der Waals surface area contributed by atoms with E-state index in [0.29, 0.717) is 12.8 Å². The molecule has 0 unspecified atom stereocenters. The van der Waals surface area contributed by atoms with Crippen molar-refractivity contribution < 1.29 is 24.4 Å². The lowest BCUT2D eigenvalue weighted by Crippen LogP contribution is -2.08. The lowest BCUT2D eigenvalue weighted by Gasteiger charge is -2.04. The number of rotatable bonds is 14. The summed E-state index contributed by atoms with van der Waals surface area (Å²) < 4.78 is 5.03. The predicted octanol–water partition coefficient (Wildman–Crippen LogP) is 6.29. The third-order valence-electron chi connectivity index (χ3n) is 4.26. The highest BCUT2D eigenvalue weighted by Crippen LogP contribution is 2.26. The van der Waals surface area contributed by atoms with Gasteiger partial charge < -0.3 is 9.84 Å². The maximum atomic E-state index is 11.6. The van der Waals surface area contributed by atoms with Gasteiger partial charge in [-0.3, -0.25) is 19.7 Å².